The third kappa shape index (κ3) is 20.8. The summed E-state index contributed by atoms with van der Waals surface area (Å²) in [6.45, 7) is 0.127. The van der Waals surface area contributed by atoms with Gasteiger partial charge in [-0.1, -0.05) is 63.5 Å². The van der Waals surface area contributed by atoms with Crippen LogP contribution in [0, 0.1) is 10.1 Å². The van der Waals surface area contributed by atoms with Gasteiger partial charge in [-0.05, 0) is 38.5 Å². The summed E-state index contributed by atoms with van der Waals surface area (Å²) in [5, 5.41) is 10.2. The maximum atomic E-state index is 10.2. The minimum Gasteiger partial charge on any atom is -0.291 e. The number of allylic oxidation sites excluding steroid dienone is 2. The Labute approximate surface area is 148 Å². The zero-order valence-electron chi connectivity index (χ0n) is 15.3. The summed E-state index contributed by atoms with van der Waals surface area (Å²) in [6, 6.07) is 0. The van der Waals surface area contributed by atoms with Gasteiger partial charge in [-0.25, -0.2) is 0 Å². The highest BCUT2D eigenvalue weighted by atomic mass is 16.6. The average molecular weight is 339 g/mol. The van der Waals surface area contributed by atoms with Crippen LogP contribution in [0.25, 0.3) is 0 Å². The summed E-state index contributed by atoms with van der Waals surface area (Å²) in [6.07, 6.45) is 24.7. The fraction of sp³-hybridized carbons (Fsp3) is 0.850. The van der Waals surface area contributed by atoms with Crippen molar-refractivity contribution >= 4 is 6.29 Å². The number of hydrogen-bond donors (Lipinski definition) is 0. The van der Waals surface area contributed by atoms with Gasteiger partial charge < -0.3 is 0 Å². The smallest absolute Gasteiger partial charge is 0.203 e. The monoisotopic (exact) mass is 338 g/mol. The SMILES string of the molecule is O=[C]CCCCCCCCC/C=C\CCCCCCCC[N+](=O)[O-]. The molecule has 0 aromatic rings. The molecule has 0 aliphatic rings. The topological polar surface area (TPSA) is 60.2 Å². The molecule has 1 radical (unpaired) electrons. The second kappa shape index (κ2) is 19.9. The predicted octanol–water partition coefficient (Wildman–Crippen LogP) is 6.17. The highest BCUT2D eigenvalue weighted by molar-refractivity contribution is 5.50. The van der Waals surface area contributed by atoms with Crippen molar-refractivity contribution in [3.8, 4) is 0 Å². The Balaban J connectivity index is 3.08. The quantitative estimate of drug-likeness (QED) is 0.122. The molecule has 0 heterocycles. The molecule has 0 bridgehead atoms. The Hall–Kier alpha value is -1.19. The van der Waals surface area contributed by atoms with Crippen molar-refractivity contribution in [1.29, 1.82) is 0 Å². The lowest BCUT2D eigenvalue weighted by Crippen LogP contribution is -1.99. The molecule has 0 rings (SSSR count). The second-order valence-corrected chi connectivity index (χ2v) is 6.60. The zero-order valence-corrected chi connectivity index (χ0v) is 15.3. The number of unbranched alkanes of at least 4 members (excludes halogenated alkanes) is 14. The molecular formula is C20H36NO3. The van der Waals surface area contributed by atoms with Crippen LogP contribution < -0.4 is 0 Å². The van der Waals surface area contributed by atoms with Gasteiger partial charge in [0.1, 0.15) is 0 Å². The molecule has 24 heavy (non-hydrogen) atoms. The van der Waals surface area contributed by atoms with Crippen molar-refractivity contribution in [2.24, 2.45) is 0 Å². The van der Waals surface area contributed by atoms with Gasteiger partial charge in [-0.15, -0.1) is 0 Å². The Morgan fingerprint density at radius 2 is 1.08 bits per heavy atom. The largest absolute Gasteiger partial charge is 0.291 e. The van der Waals surface area contributed by atoms with Gasteiger partial charge in [0, 0.05) is 17.8 Å². The normalized spacial score (nSPS) is 11.2. The molecule has 4 nitrogen and oxygen atoms in total. The molecule has 0 aliphatic carbocycles. The van der Waals surface area contributed by atoms with E-state index in [0.717, 1.165) is 25.7 Å². The molecule has 0 saturated carbocycles. The molecule has 0 fully saturated rings. The van der Waals surface area contributed by atoms with Crippen molar-refractivity contribution < 1.29 is 9.72 Å². The number of rotatable bonds is 19. The Morgan fingerprint density at radius 3 is 1.54 bits per heavy atom. The van der Waals surface area contributed by atoms with Gasteiger partial charge in [0.2, 0.25) is 6.54 Å². The minimum atomic E-state index is -0.223. The molecule has 0 aromatic heterocycles. The molecule has 0 unspecified atom stereocenters. The van der Waals surface area contributed by atoms with Crippen molar-refractivity contribution in [2.75, 3.05) is 6.54 Å². The van der Waals surface area contributed by atoms with Gasteiger partial charge in [0.05, 0.1) is 0 Å². The lowest BCUT2D eigenvalue weighted by Gasteiger charge is -2.00. The summed E-state index contributed by atoms with van der Waals surface area (Å²) in [5.41, 5.74) is 0. The summed E-state index contributed by atoms with van der Waals surface area (Å²) in [7, 11) is 0. The lowest BCUT2D eigenvalue weighted by molar-refractivity contribution is -0.480. The molecule has 0 saturated heterocycles. The van der Waals surface area contributed by atoms with Crippen LogP contribution in [0.15, 0.2) is 12.2 Å². The highest BCUT2D eigenvalue weighted by Crippen LogP contribution is 2.11. The van der Waals surface area contributed by atoms with E-state index in [9.17, 15) is 14.9 Å². The first kappa shape index (κ1) is 22.8. The van der Waals surface area contributed by atoms with Crippen LogP contribution in [0.2, 0.25) is 0 Å². The minimum absolute atomic E-state index is 0.127. The zero-order chi connectivity index (χ0) is 17.7. The molecule has 0 N–H and O–H groups in total. The van der Waals surface area contributed by atoms with E-state index in [2.05, 4.69) is 12.2 Å². The molecular weight excluding hydrogens is 302 g/mol. The van der Waals surface area contributed by atoms with E-state index >= 15 is 0 Å². The van der Waals surface area contributed by atoms with Gasteiger partial charge >= 0.3 is 0 Å². The maximum Gasteiger partial charge on any atom is 0.203 e. The van der Waals surface area contributed by atoms with Gasteiger partial charge in [0.25, 0.3) is 0 Å². The predicted molar refractivity (Wildman–Crippen MR) is 101 cm³/mol. The summed E-state index contributed by atoms with van der Waals surface area (Å²) in [4.78, 5) is 20.0. The molecule has 139 valence electrons. The molecule has 4 heteroatoms. The Morgan fingerprint density at radius 1 is 0.667 bits per heavy atom. The van der Waals surface area contributed by atoms with E-state index < -0.39 is 0 Å². The van der Waals surface area contributed by atoms with E-state index in [4.69, 9.17) is 0 Å². The van der Waals surface area contributed by atoms with Crippen molar-refractivity contribution in [1.82, 2.24) is 0 Å². The Kier molecular flexibility index (Phi) is 18.9. The van der Waals surface area contributed by atoms with Crippen LogP contribution in [-0.4, -0.2) is 17.8 Å². The van der Waals surface area contributed by atoms with E-state index in [0.29, 0.717) is 6.42 Å². The molecule has 0 amide bonds. The maximum absolute atomic E-state index is 10.2. The molecule has 0 atom stereocenters. The van der Waals surface area contributed by atoms with Crippen LogP contribution in [0.1, 0.15) is 103 Å². The molecule has 0 spiro atoms. The van der Waals surface area contributed by atoms with Gasteiger partial charge in [-0.3, -0.25) is 14.9 Å². The van der Waals surface area contributed by atoms with Crippen LogP contribution in [0.4, 0.5) is 0 Å². The van der Waals surface area contributed by atoms with Crippen LogP contribution >= 0.6 is 0 Å². The number of nitro groups is 1. The van der Waals surface area contributed by atoms with Gasteiger partial charge in [-0.2, -0.15) is 0 Å². The first-order valence-electron chi connectivity index (χ1n) is 9.89. The van der Waals surface area contributed by atoms with Gasteiger partial charge in [0.15, 0.2) is 6.29 Å². The van der Waals surface area contributed by atoms with Crippen LogP contribution in [0.5, 0.6) is 0 Å². The Bertz CT molecular complexity index is 316. The average Bonchev–Trinajstić information content (AvgIpc) is 2.56. The molecule has 0 aromatic carbocycles. The van der Waals surface area contributed by atoms with Crippen molar-refractivity contribution in [2.45, 2.75) is 103 Å². The fourth-order valence-electron chi connectivity index (χ4n) is 2.79. The fourth-order valence-corrected chi connectivity index (χ4v) is 2.79. The van der Waals surface area contributed by atoms with E-state index in [-0.39, 0.29) is 11.5 Å². The van der Waals surface area contributed by atoms with Crippen LogP contribution in [-0.2, 0) is 4.79 Å². The standard InChI is InChI=1S/C20H36NO3/c22-20-18-16-14-12-10-8-6-4-2-1-3-5-7-9-11-13-15-17-19-21(23)24/h1,3H,2,4-19H2/b3-1-. The van der Waals surface area contributed by atoms with Crippen molar-refractivity contribution in [3.05, 3.63) is 22.3 Å². The first-order chi connectivity index (χ1) is 11.8. The summed E-state index contributed by atoms with van der Waals surface area (Å²) in [5.74, 6) is 0. The van der Waals surface area contributed by atoms with E-state index in [1.807, 2.05) is 6.29 Å². The third-order valence-electron chi connectivity index (χ3n) is 4.28. The summed E-state index contributed by atoms with van der Waals surface area (Å²) >= 11 is 0. The van der Waals surface area contributed by atoms with Crippen molar-refractivity contribution in [3.63, 3.8) is 0 Å². The van der Waals surface area contributed by atoms with E-state index in [1.54, 1.807) is 0 Å². The first-order valence-corrected chi connectivity index (χ1v) is 9.89. The lowest BCUT2D eigenvalue weighted by atomic mass is 10.1. The number of carbonyl (C=O) groups excluding carboxylic acids is 1. The van der Waals surface area contributed by atoms with Crippen LogP contribution in [0.3, 0.4) is 0 Å². The second-order valence-electron chi connectivity index (χ2n) is 6.60. The highest BCUT2D eigenvalue weighted by Gasteiger charge is 1.96. The summed E-state index contributed by atoms with van der Waals surface area (Å²) < 4.78 is 0. The molecule has 0 aliphatic heterocycles. The number of nitrogens with zero attached hydrogens (tertiary/aromatic N) is 1. The number of hydrogen-bond acceptors (Lipinski definition) is 3. The van der Waals surface area contributed by atoms with E-state index in [1.165, 1.54) is 70.6 Å². The third-order valence-corrected chi connectivity index (χ3v) is 4.28.